The summed E-state index contributed by atoms with van der Waals surface area (Å²) in [6.07, 6.45) is 3.04. The Hall–Kier alpha value is -1.26. The van der Waals surface area contributed by atoms with Crippen LogP contribution in [0.15, 0.2) is 0 Å². The standard InChI is InChI=1S/C15H25NO4/c1-5-19-12(17)15-8-6-11(7-9-15)16(10-15)13(18)20-14(2,3)4/h11H,5-10H2,1-4H3. The van der Waals surface area contributed by atoms with Crippen molar-refractivity contribution < 1.29 is 19.1 Å². The first kappa shape index (κ1) is 15.1. The Morgan fingerprint density at radius 1 is 1.25 bits per heavy atom. The average molecular weight is 283 g/mol. The Labute approximate surface area is 120 Å². The van der Waals surface area contributed by atoms with Crippen LogP contribution in [-0.2, 0) is 14.3 Å². The third-order valence-corrected chi connectivity index (χ3v) is 4.16. The molecule has 1 amide bonds. The summed E-state index contributed by atoms with van der Waals surface area (Å²) in [5.41, 5.74) is -1.02. The van der Waals surface area contributed by atoms with Crippen LogP contribution in [0.2, 0.25) is 0 Å². The van der Waals surface area contributed by atoms with E-state index in [1.54, 1.807) is 4.90 Å². The number of fused-ring (bicyclic) bond motifs is 3. The normalized spacial score (nSPS) is 29.2. The van der Waals surface area contributed by atoms with Crippen molar-refractivity contribution in [3.05, 3.63) is 0 Å². The van der Waals surface area contributed by atoms with Gasteiger partial charge in [-0.1, -0.05) is 0 Å². The van der Waals surface area contributed by atoms with Crippen LogP contribution in [0.25, 0.3) is 0 Å². The summed E-state index contributed by atoms with van der Waals surface area (Å²) >= 11 is 0. The maximum Gasteiger partial charge on any atom is 0.410 e. The van der Waals surface area contributed by atoms with Gasteiger partial charge in [0.25, 0.3) is 0 Å². The molecule has 114 valence electrons. The number of carbonyl (C=O) groups is 2. The van der Waals surface area contributed by atoms with Crippen molar-refractivity contribution in [1.29, 1.82) is 0 Å². The van der Waals surface area contributed by atoms with Gasteiger partial charge in [-0.15, -0.1) is 0 Å². The number of amides is 1. The van der Waals surface area contributed by atoms with E-state index < -0.39 is 11.0 Å². The highest BCUT2D eigenvalue weighted by atomic mass is 16.6. The molecule has 0 radical (unpaired) electrons. The molecule has 1 aliphatic carbocycles. The summed E-state index contributed by atoms with van der Waals surface area (Å²) in [6.45, 7) is 8.20. The van der Waals surface area contributed by atoms with Gasteiger partial charge in [-0.05, 0) is 53.4 Å². The molecule has 0 N–H and O–H groups in total. The van der Waals surface area contributed by atoms with E-state index in [2.05, 4.69) is 0 Å². The van der Waals surface area contributed by atoms with Gasteiger partial charge in [0.05, 0.1) is 12.0 Å². The number of piperidine rings is 2. The lowest BCUT2D eigenvalue weighted by molar-refractivity contribution is -0.165. The molecule has 5 heteroatoms. The molecule has 2 bridgehead atoms. The highest BCUT2D eigenvalue weighted by molar-refractivity contribution is 5.79. The van der Waals surface area contributed by atoms with E-state index in [1.807, 2.05) is 27.7 Å². The van der Waals surface area contributed by atoms with E-state index in [0.717, 1.165) is 25.7 Å². The maximum atomic E-state index is 12.3. The summed E-state index contributed by atoms with van der Waals surface area (Å²) in [4.78, 5) is 26.2. The lowest BCUT2D eigenvalue weighted by Crippen LogP contribution is -2.59. The number of carbonyl (C=O) groups excluding carboxylic acids is 2. The van der Waals surface area contributed by atoms with Gasteiger partial charge in [0.15, 0.2) is 0 Å². The summed E-state index contributed by atoms with van der Waals surface area (Å²) in [5, 5.41) is 0. The van der Waals surface area contributed by atoms with E-state index in [0.29, 0.717) is 13.2 Å². The number of esters is 1. The number of rotatable bonds is 2. The number of ether oxygens (including phenoxy) is 2. The van der Waals surface area contributed by atoms with Crippen LogP contribution in [0.1, 0.15) is 53.4 Å². The maximum absolute atomic E-state index is 12.3. The van der Waals surface area contributed by atoms with Gasteiger partial charge in [-0.2, -0.15) is 0 Å². The van der Waals surface area contributed by atoms with Crippen LogP contribution >= 0.6 is 0 Å². The molecule has 0 spiro atoms. The molecule has 3 rings (SSSR count). The van der Waals surface area contributed by atoms with Gasteiger partial charge < -0.3 is 14.4 Å². The van der Waals surface area contributed by atoms with Gasteiger partial charge in [0.1, 0.15) is 5.60 Å². The molecule has 0 atom stereocenters. The molecular formula is C15H25NO4. The first-order chi connectivity index (χ1) is 9.27. The van der Waals surface area contributed by atoms with Crippen LogP contribution in [0.4, 0.5) is 4.79 Å². The summed E-state index contributed by atoms with van der Waals surface area (Å²) in [5.74, 6) is -0.160. The molecule has 5 nitrogen and oxygen atoms in total. The fraction of sp³-hybridized carbons (Fsp3) is 0.867. The van der Waals surface area contributed by atoms with Gasteiger partial charge >= 0.3 is 12.1 Å². The van der Waals surface area contributed by atoms with E-state index in [9.17, 15) is 9.59 Å². The highest BCUT2D eigenvalue weighted by Crippen LogP contribution is 2.45. The SMILES string of the molecule is CCOC(=O)C12CCC(CC1)N(C(=O)OC(C)(C)C)C2. The Bertz CT molecular complexity index is 391. The Morgan fingerprint density at radius 2 is 1.85 bits per heavy atom. The number of hydrogen-bond donors (Lipinski definition) is 0. The molecule has 2 aliphatic heterocycles. The van der Waals surface area contributed by atoms with Crippen molar-refractivity contribution >= 4 is 12.1 Å². The third-order valence-electron chi connectivity index (χ3n) is 4.16. The van der Waals surface area contributed by atoms with Crippen molar-refractivity contribution in [2.45, 2.75) is 65.0 Å². The van der Waals surface area contributed by atoms with Crippen molar-refractivity contribution in [3.8, 4) is 0 Å². The summed E-state index contributed by atoms with van der Waals surface area (Å²) in [6, 6.07) is 0.209. The topological polar surface area (TPSA) is 55.8 Å². The molecule has 3 fully saturated rings. The molecule has 2 saturated heterocycles. The van der Waals surface area contributed by atoms with Crippen molar-refractivity contribution in [2.24, 2.45) is 5.41 Å². The predicted molar refractivity (Wildman–Crippen MR) is 74.3 cm³/mol. The second-order valence-electron chi connectivity index (χ2n) is 6.84. The molecule has 0 aromatic carbocycles. The number of hydrogen-bond acceptors (Lipinski definition) is 4. The Kier molecular flexibility index (Phi) is 3.98. The zero-order valence-corrected chi connectivity index (χ0v) is 12.9. The van der Waals surface area contributed by atoms with Crippen LogP contribution in [0.5, 0.6) is 0 Å². The van der Waals surface area contributed by atoms with E-state index in [-0.39, 0.29) is 18.1 Å². The lowest BCUT2D eigenvalue weighted by atomic mass is 9.68. The zero-order chi connectivity index (χ0) is 15.0. The Morgan fingerprint density at radius 3 is 2.35 bits per heavy atom. The fourth-order valence-corrected chi connectivity index (χ4v) is 3.17. The largest absolute Gasteiger partial charge is 0.466 e. The van der Waals surface area contributed by atoms with Crippen LogP contribution in [0.3, 0.4) is 0 Å². The van der Waals surface area contributed by atoms with E-state index in [1.165, 1.54) is 0 Å². The molecular weight excluding hydrogens is 258 g/mol. The molecule has 2 heterocycles. The van der Waals surface area contributed by atoms with Crippen LogP contribution in [0, 0.1) is 5.41 Å². The van der Waals surface area contributed by atoms with Crippen molar-refractivity contribution in [3.63, 3.8) is 0 Å². The van der Waals surface area contributed by atoms with Crippen molar-refractivity contribution in [1.82, 2.24) is 4.90 Å². The fourth-order valence-electron chi connectivity index (χ4n) is 3.17. The van der Waals surface area contributed by atoms with Gasteiger partial charge in [0, 0.05) is 12.6 Å². The Balaban J connectivity index is 2.10. The molecule has 0 aromatic rings. The van der Waals surface area contributed by atoms with E-state index in [4.69, 9.17) is 9.47 Å². The molecule has 20 heavy (non-hydrogen) atoms. The molecule has 0 unspecified atom stereocenters. The van der Waals surface area contributed by atoms with E-state index >= 15 is 0 Å². The average Bonchev–Trinajstić information content (AvgIpc) is 2.38. The van der Waals surface area contributed by atoms with Gasteiger partial charge in [-0.25, -0.2) is 4.79 Å². The van der Waals surface area contributed by atoms with Crippen molar-refractivity contribution in [2.75, 3.05) is 13.2 Å². The van der Waals surface area contributed by atoms with Crippen LogP contribution < -0.4 is 0 Å². The number of nitrogens with zero attached hydrogens (tertiary/aromatic N) is 1. The first-order valence-corrected chi connectivity index (χ1v) is 7.44. The first-order valence-electron chi connectivity index (χ1n) is 7.44. The predicted octanol–water partition coefficient (Wildman–Crippen LogP) is 2.73. The van der Waals surface area contributed by atoms with Gasteiger partial charge in [-0.3, -0.25) is 4.79 Å². The second kappa shape index (κ2) is 5.26. The molecule has 3 aliphatic rings. The summed E-state index contributed by atoms with van der Waals surface area (Å²) < 4.78 is 10.7. The minimum Gasteiger partial charge on any atom is -0.466 e. The lowest BCUT2D eigenvalue weighted by Gasteiger charge is -2.50. The smallest absolute Gasteiger partial charge is 0.410 e. The molecule has 1 saturated carbocycles. The third kappa shape index (κ3) is 2.91. The highest BCUT2D eigenvalue weighted by Gasteiger charge is 2.52. The van der Waals surface area contributed by atoms with Crippen LogP contribution in [-0.4, -0.2) is 41.8 Å². The monoisotopic (exact) mass is 283 g/mol. The quantitative estimate of drug-likeness (QED) is 0.731. The van der Waals surface area contributed by atoms with Gasteiger partial charge in [0.2, 0.25) is 0 Å². The minimum absolute atomic E-state index is 0.160. The summed E-state index contributed by atoms with van der Waals surface area (Å²) in [7, 11) is 0. The zero-order valence-electron chi connectivity index (χ0n) is 12.9. The molecule has 0 aromatic heterocycles. The minimum atomic E-state index is -0.512. The second-order valence-corrected chi connectivity index (χ2v) is 6.84.